The van der Waals surface area contributed by atoms with Crippen molar-refractivity contribution in [1.29, 1.82) is 0 Å². The molecule has 3 aromatic rings. The van der Waals surface area contributed by atoms with Crippen molar-refractivity contribution in [3.63, 3.8) is 0 Å². The van der Waals surface area contributed by atoms with Crippen LogP contribution in [0.4, 0.5) is 5.95 Å². The number of allylic oxidation sites excluding steroid dienone is 1. The monoisotopic (exact) mass is 462 g/mol. The number of unbranched alkanes of at least 4 members (excludes halogenated alkanes) is 1. The first kappa shape index (κ1) is 23.4. The molecule has 0 radical (unpaired) electrons. The predicted octanol–water partition coefficient (Wildman–Crippen LogP) is 4.89. The minimum absolute atomic E-state index is 0.369. The van der Waals surface area contributed by atoms with Crippen LogP contribution in [-0.4, -0.2) is 33.9 Å². The molecule has 0 saturated heterocycles. The molecule has 0 amide bonds. The Morgan fingerprint density at radius 3 is 2.68 bits per heavy atom. The van der Waals surface area contributed by atoms with Crippen molar-refractivity contribution in [3.8, 4) is 11.5 Å². The standard InChI is InChI=1S/C26H30N4O4/c1-4-6-14-33-25(31)23-18(3)29-26-27-17-28-30(26)24(23)20-12-13-21(22(15-20)32-5-2)34-16-19-10-8-7-9-11-19/h7-13,15,17,24H,4-6,14,16H2,1-3H3,(H,27,28,29). The molecule has 2 aromatic carbocycles. The van der Waals surface area contributed by atoms with Gasteiger partial charge in [0.2, 0.25) is 5.95 Å². The maximum atomic E-state index is 13.1. The number of benzene rings is 2. The fraction of sp³-hybridized carbons (Fsp3) is 0.346. The summed E-state index contributed by atoms with van der Waals surface area (Å²) in [6, 6.07) is 15.2. The highest BCUT2D eigenvalue weighted by molar-refractivity contribution is 5.92. The minimum atomic E-state index is -0.504. The maximum Gasteiger partial charge on any atom is 0.338 e. The summed E-state index contributed by atoms with van der Waals surface area (Å²) < 4.78 is 19.2. The van der Waals surface area contributed by atoms with E-state index in [0.29, 0.717) is 48.5 Å². The van der Waals surface area contributed by atoms with Crippen LogP contribution in [0.3, 0.4) is 0 Å². The SMILES string of the molecule is CCCCOC(=O)C1=C(C)Nc2ncnn2C1c1ccc(OCc2ccccc2)c(OCC)c1. The van der Waals surface area contributed by atoms with Gasteiger partial charge in [-0.2, -0.15) is 10.1 Å². The zero-order valence-corrected chi connectivity index (χ0v) is 19.8. The molecule has 0 spiro atoms. The Labute approximate surface area is 199 Å². The average Bonchev–Trinajstić information content (AvgIpc) is 3.31. The lowest BCUT2D eigenvalue weighted by Gasteiger charge is -2.28. The fourth-order valence-corrected chi connectivity index (χ4v) is 3.87. The summed E-state index contributed by atoms with van der Waals surface area (Å²) in [5.74, 6) is 1.43. The van der Waals surface area contributed by atoms with Gasteiger partial charge in [-0.05, 0) is 43.5 Å². The number of anilines is 1. The largest absolute Gasteiger partial charge is 0.490 e. The number of nitrogens with zero attached hydrogens (tertiary/aromatic N) is 3. The number of carbonyl (C=O) groups excluding carboxylic acids is 1. The molecule has 0 aliphatic carbocycles. The van der Waals surface area contributed by atoms with Gasteiger partial charge in [0.25, 0.3) is 0 Å². The van der Waals surface area contributed by atoms with E-state index in [1.165, 1.54) is 6.33 Å². The number of esters is 1. The zero-order chi connectivity index (χ0) is 23.9. The van der Waals surface area contributed by atoms with Crippen molar-refractivity contribution >= 4 is 11.9 Å². The third kappa shape index (κ3) is 5.06. The first-order valence-electron chi connectivity index (χ1n) is 11.6. The van der Waals surface area contributed by atoms with Crippen LogP contribution < -0.4 is 14.8 Å². The van der Waals surface area contributed by atoms with Gasteiger partial charge < -0.3 is 19.5 Å². The lowest BCUT2D eigenvalue weighted by Crippen LogP contribution is -2.29. The van der Waals surface area contributed by atoms with E-state index in [9.17, 15) is 4.79 Å². The average molecular weight is 463 g/mol. The van der Waals surface area contributed by atoms with Crippen LogP contribution >= 0.6 is 0 Å². The van der Waals surface area contributed by atoms with Crippen LogP contribution in [-0.2, 0) is 16.1 Å². The van der Waals surface area contributed by atoms with Gasteiger partial charge in [0.05, 0.1) is 18.8 Å². The molecule has 0 saturated carbocycles. The summed E-state index contributed by atoms with van der Waals surface area (Å²) in [5, 5.41) is 7.54. The summed E-state index contributed by atoms with van der Waals surface area (Å²) in [6.45, 7) is 7.11. The summed E-state index contributed by atoms with van der Waals surface area (Å²) in [6.07, 6.45) is 3.23. The lowest BCUT2D eigenvalue weighted by molar-refractivity contribution is -0.139. The van der Waals surface area contributed by atoms with Crippen molar-refractivity contribution in [2.24, 2.45) is 0 Å². The summed E-state index contributed by atoms with van der Waals surface area (Å²) in [7, 11) is 0. The summed E-state index contributed by atoms with van der Waals surface area (Å²) >= 11 is 0. The molecule has 1 N–H and O–H groups in total. The van der Waals surface area contributed by atoms with Crippen molar-refractivity contribution in [2.75, 3.05) is 18.5 Å². The third-order valence-corrected chi connectivity index (χ3v) is 5.57. The van der Waals surface area contributed by atoms with E-state index in [1.807, 2.05) is 62.4 Å². The molecule has 1 aromatic heterocycles. The Morgan fingerprint density at radius 1 is 1.09 bits per heavy atom. The van der Waals surface area contributed by atoms with Crippen LogP contribution in [0.1, 0.15) is 50.8 Å². The molecule has 1 atom stereocenters. The minimum Gasteiger partial charge on any atom is -0.490 e. The van der Waals surface area contributed by atoms with Crippen LogP contribution in [0.25, 0.3) is 0 Å². The molecule has 0 fully saturated rings. The zero-order valence-electron chi connectivity index (χ0n) is 19.8. The highest BCUT2D eigenvalue weighted by Gasteiger charge is 2.34. The van der Waals surface area contributed by atoms with E-state index < -0.39 is 6.04 Å². The second-order valence-corrected chi connectivity index (χ2v) is 8.00. The maximum absolute atomic E-state index is 13.1. The Balaban J connectivity index is 1.67. The Bertz CT molecular complexity index is 1160. The van der Waals surface area contributed by atoms with Crippen LogP contribution in [0.2, 0.25) is 0 Å². The predicted molar refractivity (Wildman–Crippen MR) is 129 cm³/mol. The number of hydrogen-bond acceptors (Lipinski definition) is 7. The highest BCUT2D eigenvalue weighted by Crippen LogP contribution is 2.39. The quantitative estimate of drug-likeness (QED) is 0.339. The first-order chi connectivity index (χ1) is 16.6. The Hall–Kier alpha value is -3.81. The Kier molecular flexibility index (Phi) is 7.47. The Morgan fingerprint density at radius 2 is 1.91 bits per heavy atom. The number of hydrogen-bond donors (Lipinski definition) is 1. The molecule has 2 heterocycles. The number of ether oxygens (including phenoxy) is 3. The van der Waals surface area contributed by atoms with Gasteiger partial charge in [0.15, 0.2) is 11.5 Å². The van der Waals surface area contributed by atoms with Crippen LogP contribution in [0, 0.1) is 0 Å². The molecular formula is C26H30N4O4. The van der Waals surface area contributed by atoms with E-state index in [1.54, 1.807) is 4.68 Å². The van der Waals surface area contributed by atoms with Crippen molar-refractivity contribution in [2.45, 2.75) is 46.3 Å². The normalized spacial score (nSPS) is 14.9. The number of aromatic nitrogens is 3. The van der Waals surface area contributed by atoms with Gasteiger partial charge >= 0.3 is 5.97 Å². The second kappa shape index (κ2) is 10.9. The topological polar surface area (TPSA) is 87.5 Å². The third-order valence-electron chi connectivity index (χ3n) is 5.57. The molecule has 178 valence electrons. The number of nitrogens with one attached hydrogen (secondary N) is 1. The first-order valence-corrected chi connectivity index (χ1v) is 11.6. The van der Waals surface area contributed by atoms with Crippen molar-refractivity contribution in [3.05, 3.63) is 77.3 Å². The molecule has 0 bridgehead atoms. The highest BCUT2D eigenvalue weighted by atomic mass is 16.5. The summed E-state index contributed by atoms with van der Waals surface area (Å²) in [5.41, 5.74) is 3.07. The fourth-order valence-electron chi connectivity index (χ4n) is 3.87. The van der Waals surface area contributed by atoms with Gasteiger partial charge in [0, 0.05) is 5.70 Å². The molecule has 4 rings (SSSR count). The number of rotatable bonds is 10. The molecule has 34 heavy (non-hydrogen) atoms. The molecule has 1 aliphatic rings. The van der Waals surface area contributed by atoms with E-state index in [2.05, 4.69) is 22.3 Å². The van der Waals surface area contributed by atoms with E-state index in [4.69, 9.17) is 14.2 Å². The second-order valence-electron chi connectivity index (χ2n) is 8.00. The van der Waals surface area contributed by atoms with Crippen LogP contribution in [0.15, 0.2) is 66.1 Å². The van der Waals surface area contributed by atoms with Gasteiger partial charge in [-0.25, -0.2) is 9.48 Å². The van der Waals surface area contributed by atoms with E-state index >= 15 is 0 Å². The smallest absolute Gasteiger partial charge is 0.338 e. The molecule has 8 nitrogen and oxygen atoms in total. The van der Waals surface area contributed by atoms with E-state index in [-0.39, 0.29) is 5.97 Å². The van der Waals surface area contributed by atoms with Gasteiger partial charge in [0.1, 0.15) is 19.0 Å². The number of fused-ring (bicyclic) bond motifs is 1. The lowest BCUT2D eigenvalue weighted by atomic mass is 9.95. The summed E-state index contributed by atoms with van der Waals surface area (Å²) in [4.78, 5) is 17.4. The molecule has 1 aliphatic heterocycles. The van der Waals surface area contributed by atoms with Gasteiger partial charge in [-0.3, -0.25) is 0 Å². The molecule has 1 unspecified atom stereocenters. The molecule has 8 heteroatoms. The van der Waals surface area contributed by atoms with Crippen molar-refractivity contribution in [1.82, 2.24) is 14.8 Å². The van der Waals surface area contributed by atoms with Gasteiger partial charge in [-0.1, -0.05) is 49.7 Å². The number of carbonyl (C=O) groups is 1. The van der Waals surface area contributed by atoms with Crippen molar-refractivity contribution < 1.29 is 19.0 Å². The van der Waals surface area contributed by atoms with Gasteiger partial charge in [-0.15, -0.1) is 0 Å². The van der Waals surface area contributed by atoms with Crippen LogP contribution in [0.5, 0.6) is 11.5 Å². The molecular weight excluding hydrogens is 432 g/mol. The van der Waals surface area contributed by atoms with E-state index in [0.717, 1.165) is 24.0 Å².